The van der Waals surface area contributed by atoms with Gasteiger partial charge in [-0.25, -0.2) is 0 Å². The third-order valence-electron chi connectivity index (χ3n) is 3.83. The van der Waals surface area contributed by atoms with E-state index in [2.05, 4.69) is 5.32 Å². The van der Waals surface area contributed by atoms with Crippen LogP contribution in [0.25, 0.3) is 6.08 Å². The predicted octanol–water partition coefficient (Wildman–Crippen LogP) is 2.47. The van der Waals surface area contributed by atoms with Gasteiger partial charge in [-0.1, -0.05) is 25.0 Å². The highest BCUT2D eigenvalue weighted by molar-refractivity contribution is 6.01. The molecule has 0 saturated carbocycles. The van der Waals surface area contributed by atoms with Crippen molar-refractivity contribution < 1.29 is 14.5 Å². The summed E-state index contributed by atoms with van der Waals surface area (Å²) < 4.78 is 0. The van der Waals surface area contributed by atoms with Gasteiger partial charge in [0.2, 0.25) is 5.91 Å². The summed E-state index contributed by atoms with van der Waals surface area (Å²) in [6.07, 6.45) is 5.55. The molecule has 0 bridgehead atoms. The molecule has 0 radical (unpaired) electrons. The molecule has 1 saturated heterocycles. The number of nitrogens with one attached hydrogen (secondary N) is 1. The lowest BCUT2D eigenvalue weighted by atomic mass is 10.1. The second-order valence-electron chi connectivity index (χ2n) is 5.80. The molecule has 24 heavy (non-hydrogen) atoms. The number of nitro benzene ring substituents is 1. The van der Waals surface area contributed by atoms with Crippen LogP contribution in [0, 0.1) is 10.1 Å². The molecular formula is C17H21N3O4. The van der Waals surface area contributed by atoms with Crippen LogP contribution in [0.1, 0.15) is 38.2 Å². The highest BCUT2D eigenvalue weighted by Gasteiger charge is 2.20. The number of likely N-dealkylation sites (tertiary alicyclic amines) is 1. The third-order valence-corrected chi connectivity index (χ3v) is 3.83. The molecular weight excluding hydrogens is 310 g/mol. The zero-order valence-corrected chi connectivity index (χ0v) is 13.7. The molecule has 1 aliphatic heterocycles. The van der Waals surface area contributed by atoms with Crippen LogP contribution >= 0.6 is 0 Å². The van der Waals surface area contributed by atoms with Crippen LogP contribution in [0.15, 0.2) is 30.0 Å². The maximum absolute atomic E-state index is 12.7. The molecule has 128 valence electrons. The Morgan fingerprint density at radius 2 is 1.88 bits per heavy atom. The van der Waals surface area contributed by atoms with Crippen molar-refractivity contribution in [1.82, 2.24) is 10.2 Å². The van der Waals surface area contributed by atoms with Crippen molar-refractivity contribution in [3.05, 3.63) is 45.6 Å². The first kappa shape index (κ1) is 17.7. The average molecular weight is 331 g/mol. The first-order chi connectivity index (χ1) is 11.5. The molecule has 0 atom stereocenters. The van der Waals surface area contributed by atoms with Gasteiger partial charge in [0.05, 0.1) is 4.92 Å². The number of non-ortho nitro benzene ring substituents is 1. The summed E-state index contributed by atoms with van der Waals surface area (Å²) >= 11 is 0. The van der Waals surface area contributed by atoms with Crippen LogP contribution in [-0.4, -0.2) is 34.7 Å². The minimum absolute atomic E-state index is 0.0619. The fourth-order valence-corrected chi connectivity index (χ4v) is 2.68. The fourth-order valence-electron chi connectivity index (χ4n) is 2.68. The molecule has 1 fully saturated rings. The summed E-state index contributed by atoms with van der Waals surface area (Å²) in [5.74, 6) is -0.603. The third kappa shape index (κ3) is 4.91. The maximum atomic E-state index is 12.7. The molecule has 1 aliphatic rings. The molecule has 1 aromatic carbocycles. The van der Waals surface area contributed by atoms with Gasteiger partial charge in [0.25, 0.3) is 11.6 Å². The van der Waals surface area contributed by atoms with Crippen LogP contribution in [0.3, 0.4) is 0 Å². The SMILES string of the molecule is CC(=O)N/C(=C/c1cccc([N+](=O)[O-])c1)C(=O)N1CCCCCC1. The van der Waals surface area contributed by atoms with Crippen LogP contribution in [0.5, 0.6) is 0 Å². The van der Waals surface area contributed by atoms with E-state index in [1.807, 2.05) is 0 Å². The van der Waals surface area contributed by atoms with E-state index >= 15 is 0 Å². The van der Waals surface area contributed by atoms with E-state index in [0.717, 1.165) is 25.7 Å². The van der Waals surface area contributed by atoms with Gasteiger partial charge in [0, 0.05) is 32.1 Å². The smallest absolute Gasteiger partial charge is 0.270 e. The van der Waals surface area contributed by atoms with Crippen molar-refractivity contribution in [2.45, 2.75) is 32.6 Å². The fraction of sp³-hybridized carbons (Fsp3) is 0.412. The van der Waals surface area contributed by atoms with Gasteiger partial charge in [-0.3, -0.25) is 19.7 Å². The minimum Gasteiger partial charge on any atom is -0.337 e. The molecule has 1 heterocycles. The summed E-state index contributed by atoms with van der Waals surface area (Å²) in [4.78, 5) is 36.3. The van der Waals surface area contributed by atoms with E-state index in [4.69, 9.17) is 0 Å². The van der Waals surface area contributed by atoms with Crippen LogP contribution < -0.4 is 5.32 Å². The summed E-state index contributed by atoms with van der Waals surface area (Å²) in [6, 6.07) is 5.96. The van der Waals surface area contributed by atoms with E-state index in [-0.39, 0.29) is 23.2 Å². The number of carbonyl (C=O) groups is 2. The van der Waals surface area contributed by atoms with E-state index in [1.165, 1.54) is 25.1 Å². The minimum atomic E-state index is -0.494. The lowest BCUT2D eigenvalue weighted by Crippen LogP contribution is -2.38. The van der Waals surface area contributed by atoms with Gasteiger partial charge < -0.3 is 10.2 Å². The summed E-state index contributed by atoms with van der Waals surface area (Å²) in [7, 11) is 0. The molecule has 2 amide bonds. The molecule has 7 nitrogen and oxygen atoms in total. The van der Waals surface area contributed by atoms with Crippen molar-refractivity contribution in [1.29, 1.82) is 0 Å². The second-order valence-corrected chi connectivity index (χ2v) is 5.80. The zero-order chi connectivity index (χ0) is 17.5. The van der Waals surface area contributed by atoms with Crippen molar-refractivity contribution in [2.75, 3.05) is 13.1 Å². The highest BCUT2D eigenvalue weighted by Crippen LogP contribution is 2.17. The monoisotopic (exact) mass is 331 g/mol. The lowest BCUT2D eigenvalue weighted by Gasteiger charge is -2.22. The zero-order valence-electron chi connectivity index (χ0n) is 13.7. The number of nitro groups is 1. The van der Waals surface area contributed by atoms with Crippen molar-refractivity contribution in [3.8, 4) is 0 Å². The Kier molecular flexibility index (Phi) is 6.06. The van der Waals surface area contributed by atoms with Gasteiger partial charge in [-0.15, -0.1) is 0 Å². The Morgan fingerprint density at radius 3 is 2.46 bits per heavy atom. The Balaban J connectivity index is 2.29. The number of hydrogen-bond acceptors (Lipinski definition) is 4. The Labute approximate surface area is 140 Å². The van der Waals surface area contributed by atoms with Gasteiger partial charge >= 0.3 is 0 Å². The molecule has 1 aromatic rings. The molecule has 2 rings (SSSR count). The number of benzene rings is 1. The van der Waals surface area contributed by atoms with Crippen LogP contribution in [0.2, 0.25) is 0 Å². The Morgan fingerprint density at radius 1 is 1.21 bits per heavy atom. The van der Waals surface area contributed by atoms with Gasteiger partial charge in [-0.05, 0) is 24.5 Å². The Hall–Kier alpha value is -2.70. The number of nitrogens with zero attached hydrogens (tertiary/aromatic N) is 2. The highest BCUT2D eigenvalue weighted by atomic mass is 16.6. The summed E-state index contributed by atoms with van der Waals surface area (Å²) in [5, 5.41) is 13.4. The quantitative estimate of drug-likeness (QED) is 0.521. The second kappa shape index (κ2) is 8.24. The lowest BCUT2D eigenvalue weighted by molar-refractivity contribution is -0.384. The van der Waals surface area contributed by atoms with Gasteiger partial charge in [0.15, 0.2) is 0 Å². The first-order valence-electron chi connectivity index (χ1n) is 8.00. The molecule has 0 aromatic heterocycles. The van der Waals surface area contributed by atoms with Crippen LogP contribution in [-0.2, 0) is 9.59 Å². The topological polar surface area (TPSA) is 92.5 Å². The van der Waals surface area contributed by atoms with E-state index in [1.54, 1.807) is 17.0 Å². The number of rotatable bonds is 4. The predicted molar refractivity (Wildman–Crippen MR) is 89.9 cm³/mol. The molecule has 0 spiro atoms. The number of hydrogen-bond donors (Lipinski definition) is 1. The number of amides is 2. The molecule has 0 unspecified atom stereocenters. The van der Waals surface area contributed by atoms with E-state index in [0.29, 0.717) is 18.7 Å². The summed E-state index contributed by atoms with van der Waals surface area (Å²) in [6.45, 7) is 2.65. The standard InChI is InChI=1S/C17H21N3O4/c1-13(21)18-16(17(22)19-9-4-2-3-5-10-19)12-14-7-6-8-15(11-14)20(23)24/h6-8,11-12H,2-5,9-10H2,1H3,(H,18,21)/b16-12+. The van der Waals surface area contributed by atoms with Gasteiger partial charge in [0.1, 0.15) is 5.70 Å². The van der Waals surface area contributed by atoms with Crippen molar-refractivity contribution in [2.24, 2.45) is 0 Å². The van der Waals surface area contributed by atoms with E-state index in [9.17, 15) is 19.7 Å². The molecule has 0 aliphatic carbocycles. The van der Waals surface area contributed by atoms with Crippen molar-refractivity contribution >= 4 is 23.6 Å². The average Bonchev–Trinajstić information content (AvgIpc) is 2.82. The number of carbonyl (C=O) groups excluding carboxylic acids is 2. The molecule has 1 N–H and O–H groups in total. The van der Waals surface area contributed by atoms with Crippen molar-refractivity contribution in [3.63, 3.8) is 0 Å². The normalized spacial score (nSPS) is 15.5. The van der Waals surface area contributed by atoms with Gasteiger partial charge in [-0.2, -0.15) is 0 Å². The van der Waals surface area contributed by atoms with Crippen LogP contribution in [0.4, 0.5) is 5.69 Å². The largest absolute Gasteiger partial charge is 0.337 e. The molecule has 7 heteroatoms. The van der Waals surface area contributed by atoms with E-state index < -0.39 is 4.92 Å². The first-order valence-corrected chi connectivity index (χ1v) is 8.00. The maximum Gasteiger partial charge on any atom is 0.270 e. The Bertz CT molecular complexity index is 662. The summed E-state index contributed by atoms with van der Waals surface area (Å²) in [5.41, 5.74) is 0.578.